The Morgan fingerprint density at radius 3 is 0.920 bits per heavy atom. The summed E-state index contributed by atoms with van der Waals surface area (Å²) in [5, 5.41) is 20.7. The molecule has 0 atom stereocenters. The second kappa shape index (κ2) is 15.9. The second-order valence-corrected chi connectivity index (χ2v) is 29.8. The molecule has 420 valence electrons. The van der Waals surface area contributed by atoms with E-state index < -0.39 is 0 Å². The average molecular weight is 1120 g/mol. The molecule has 0 spiro atoms. The number of benzene rings is 11. The molecule has 5 heteroatoms. The fraction of sp³-hybridized carbons (Fsp3) is 0.195. The summed E-state index contributed by atoms with van der Waals surface area (Å²) in [5.41, 5.74) is 24.0. The summed E-state index contributed by atoms with van der Waals surface area (Å²) in [4.78, 5) is 2.58. The van der Waals surface area contributed by atoms with Crippen molar-refractivity contribution in [2.45, 2.75) is 105 Å². The van der Waals surface area contributed by atoms with Crippen LogP contribution < -0.4 is 4.90 Å². The maximum Gasteiger partial charge on any atom is 0.0641 e. The van der Waals surface area contributed by atoms with E-state index in [9.17, 15) is 0 Å². The van der Waals surface area contributed by atoms with Crippen molar-refractivity contribution in [3.05, 3.63) is 210 Å². The second-order valence-electron chi connectivity index (χ2n) is 29.8. The fourth-order valence-electron chi connectivity index (χ4n) is 16.2. The first-order valence-corrected chi connectivity index (χ1v) is 31.3. The van der Waals surface area contributed by atoms with E-state index in [4.69, 9.17) is 0 Å². The molecule has 0 aliphatic carbocycles. The van der Waals surface area contributed by atoms with E-state index in [0.29, 0.717) is 0 Å². The standard InChI is InChI=1S/C82H67N5/c1-79(2,3)44-26-30-65-53(34-44)59-36-46(81(7,8)9)38-61-57-42-69-55(40-71(57)84(65)75(59)61)49-28-32-67(73-51-22-16-18-24-63(51)86(69)77(49)73)83(48-20-14-13-15-21-48)68-33-29-50-56-41-72-58(43-70(56)87-64-25-19-17-23-52(64)74(68)78(50)87)62-39-47(82(10,11)12)37-60-54-35-45(80(4,5)6)27-31-66(54)85(72)76(60)62/h13-43H,1-12H3. The van der Waals surface area contributed by atoms with Gasteiger partial charge in [0, 0.05) is 91.9 Å². The Morgan fingerprint density at radius 2 is 0.540 bits per heavy atom. The average Bonchev–Trinajstić information content (AvgIpc) is 1.53. The van der Waals surface area contributed by atoms with Crippen LogP contribution in [-0.4, -0.2) is 17.6 Å². The highest BCUT2D eigenvalue weighted by molar-refractivity contribution is 6.34. The summed E-state index contributed by atoms with van der Waals surface area (Å²) in [5.74, 6) is 0. The summed E-state index contributed by atoms with van der Waals surface area (Å²) in [6.45, 7) is 28.1. The highest BCUT2D eigenvalue weighted by Gasteiger charge is 2.32. The van der Waals surface area contributed by atoms with Crippen molar-refractivity contribution in [2.75, 3.05) is 4.90 Å². The van der Waals surface area contributed by atoms with Gasteiger partial charge in [0.2, 0.25) is 0 Å². The van der Waals surface area contributed by atoms with Crippen LogP contribution in [0, 0.1) is 0 Å². The lowest BCUT2D eigenvalue weighted by molar-refractivity contribution is 0.590. The molecule has 19 rings (SSSR count). The van der Waals surface area contributed by atoms with E-state index in [1.54, 1.807) is 0 Å². The van der Waals surface area contributed by atoms with Gasteiger partial charge in [0.1, 0.15) is 0 Å². The Hall–Kier alpha value is -9.58. The predicted octanol–water partition coefficient (Wildman–Crippen LogP) is 22.9. The molecule has 5 nitrogen and oxygen atoms in total. The van der Waals surface area contributed by atoms with Gasteiger partial charge >= 0.3 is 0 Å². The molecule has 8 heterocycles. The number of anilines is 3. The Balaban J connectivity index is 0.893. The summed E-state index contributed by atoms with van der Waals surface area (Å²) in [6, 6.07) is 73.6. The van der Waals surface area contributed by atoms with Crippen LogP contribution in [0.2, 0.25) is 0 Å². The first-order chi connectivity index (χ1) is 41.7. The minimum atomic E-state index is -0.0321. The Bertz CT molecular complexity index is 5840. The van der Waals surface area contributed by atoms with Crippen LogP contribution in [0.1, 0.15) is 105 Å². The molecule has 0 aliphatic rings. The van der Waals surface area contributed by atoms with Crippen LogP contribution in [0.25, 0.3) is 152 Å². The van der Waals surface area contributed by atoms with E-state index in [2.05, 4.69) is 294 Å². The quantitative estimate of drug-likeness (QED) is 0.173. The molecule has 0 saturated carbocycles. The van der Waals surface area contributed by atoms with Gasteiger partial charge in [-0.2, -0.15) is 0 Å². The molecule has 87 heavy (non-hydrogen) atoms. The van der Waals surface area contributed by atoms with Crippen molar-refractivity contribution >= 4 is 169 Å². The molecule has 0 bridgehead atoms. The molecule has 0 amide bonds. The number of aromatic nitrogens is 4. The van der Waals surface area contributed by atoms with Crippen LogP contribution in [-0.2, 0) is 21.7 Å². The third-order valence-corrected chi connectivity index (χ3v) is 20.6. The molecular formula is C82H67N5. The minimum Gasteiger partial charge on any atom is -0.309 e. The number of hydrogen-bond acceptors (Lipinski definition) is 1. The van der Waals surface area contributed by atoms with Crippen LogP contribution in [0.5, 0.6) is 0 Å². The summed E-state index contributed by atoms with van der Waals surface area (Å²) >= 11 is 0. The van der Waals surface area contributed by atoms with Crippen molar-refractivity contribution in [1.29, 1.82) is 0 Å². The Labute approximate surface area is 504 Å². The molecule has 0 radical (unpaired) electrons. The van der Waals surface area contributed by atoms with Crippen molar-refractivity contribution in [3.8, 4) is 0 Å². The monoisotopic (exact) mass is 1120 g/mol. The zero-order chi connectivity index (χ0) is 59.0. The van der Waals surface area contributed by atoms with Crippen LogP contribution >= 0.6 is 0 Å². The first-order valence-electron chi connectivity index (χ1n) is 31.3. The number of para-hydroxylation sites is 3. The van der Waals surface area contributed by atoms with Gasteiger partial charge < -0.3 is 22.5 Å². The number of rotatable bonds is 3. The molecule has 8 aromatic heterocycles. The Kier molecular flexibility index (Phi) is 9.07. The minimum absolute atomic E-state index is 0.0321. The summed E-state index contributed by atoms with van der Waals surface area (Å²) in [6.07, 6.45) is 0. The lowest BCUT2D eigenvalue weighted by Gasteiger charge is -2.27. The van der Waals surface area contributed by atoms with Crippen LogP contribution in [0.15, 0.2) is 188 Å². The van der Waals surface area contributed by atoms with Crippen molar-refractivity contribution in [2.24, 2.45) is 0 Å². The molecule has 19 aromatic rings. The van der Waals surface area contributed by atoms with E-state index in [1.165, 1.54) is 175 Å². The SMILES string of the molecule is CC(C)(C)c1ccc2c(c1)c1cc(C(C)(C)C)cc3c4cc5c(cc4n2c13)c1ccc(N(c2ccccc2)c2ccc3c4cc6c(cc4n4c7ccccc7c2c34)c2cc(C(C)(C)C)cc3c4cc(C(C)(C)C)ccc4n6c32)c2c3ccccc3n5c12. The van der Waals surface area contributed by atoms with Gasteiger partial charge in [-0.25, -0.2) is 0 Å². The van der Waals surface area contributed by atoms with E-state index in [-0.39, 0.29) is 21.7 Å². The molecule has 0 unspecified atom stereocenters. The van der Waals surface area contributed by atoms with Gasteiger partial charge in [0.15, 0.2) is 0 Å². The Morgan fingerprint density at radius 1 is 0.230 bits per heavy atom. The van der Waals surface area contributed by atoms with Crippen LogP contribution in [0.3, 0.4) is 0 Å². The van der Waals surface area contributed by atoms with Crippen molar-refractivity contribution in [1.82, 2.24) is 17.6 Å². The first kappa shape index (κ1) is 49.7. The maximum absolute atomic E-state index is 2.59. The van der Waals surface area contributed by atoms with E-state index >= 15 is 0 Å². The van der Waals surface area contributed by atoms with E-state index in [0.717, 1.165) is 17.1 Å². The van der Waals surface area contributed by atoms with Gasteiger partial charge in [-0.1, -0.05) is 162 Å². The van der Waals surface area contributed by atoms with Gasteiger partial charge in [-0.05, 0) is 153 Å². The van der Waals surface area contributed by atoms with Gasteiger partial charge in [0.05, 0.1) is 77.6 Å². The summed E-state index contributed by atoms with van der Waals surface area (Å²) < 4.78 is 10.4. The molecule has 0 aliphatic heterocycles. The number of nitrogens with zero attached hydrogens (tertiary/aromatic N) is 5. The normalized spacial score (nSPS) is 13.7. The van der Waals surface area contributed by atoms with Crippen molar-refractivity contribution < 1.29 is 0 Å². The molecule has 0 saturated heterocycles. The third-order valence-electron chi connectivity index (χ3n) is 20.6. The third kappa shape index (κ3) is 6.24. The highest BCUT2D eigenvalue weighted by Crippen LogP contribution is 2.54. The zero-order valence-electron chi connectivity index (χ0n) is 51.6. The van der Waals surface area contributed by atoms with Gasteiger partial charge in [0.25, 0.3) is 0 Å². The largest absolute Gasteiger partial charge is 0.309 e. The smallest absolute Gasteiger partial charge is 0.0641 e. The number of hydrogen-bond donors (Lipinski definition) is 0. The maximum atomic E-state index is 2.59. The molecule has 11 aromatic carbocycles. The number of fused-ring (bicyclic) bond motifs is 24. The van der Waals surface area contributed by atoms with E-state index in [1.807, 2.05) is 0 Å². The topological polar surface area (TPSA) is 20.9 Å². The highest BCUT2D eigenvalue weighted by atomic mass is 15.2. The summed E-state index contributed by atoms with van der Waals surface area (Å²) in [7, 11) is 0. The lowest BCUT2D eigenvalue weighted by atomic mass is 9.84. The molecular weight excluding hydrogens is 1050 g/mol. The molecule has 0 fully saturated rings. The van der Waals surface area contributed by atoms with Crippen molar-refractivity contribution in [3.63, 3.8) is 0 Å². The van der Waals surface area contributed by atoms with Crippen LogP contribution in [0.4, 0.5) is 17.1 Å². The van der Waals surface area contributed by atoms with Gasteiger partial charge in [-0.15, -0.1) is 0 Å². The van der Waals surface area contributed by atoms with Gasteiger partial charge in [-0.3, -0.25) is 0 Å². The zero-order valence-corrected chi connectivity index (χ0v) is 51.6. The fourth-order valence-corrected chi connectivity index (χ4v) is 16.2. The predicted molar refractivity (Wildman–Crippen MR) is 375 cm³/mol. The molecule has 0 N–H and O–H groups in total. The lowest BCUT2D eigenvalue weighted by Crippen LogP contribution is -2.11.